The SMILES string of the molecule is C=C1[C@H](O)C[C@@H]2OCOC[C@@H]12. The van der Waals surface area contributed by atoms with E-state index < -0.39 is 0 Å². The van der Waals surface area contributed by atoms with Gasteiger partial charge in [0.05, 0.1) is 18.8 Å². The van der Waals surface area contributed by atoms with E-state index in [0.717, 1.165) is 5.57 Å². The minimum absolute atomic E-state index is 0.145. The van der Waals surface area contributed by atoms with Gasteiger partial charge in [-0.25, -0.2) is 0 Å². The standard InChI is InChI=1S/C8H12O3/c1-5-6-3-10-4-11-8(6)2-7(5)9/h6-9H,1-4H2/t6-,7+,8-/m0/s1. The molecule has 3 heteroatoms. The molecule has 1 saturated carbocycles. The van der Waals surface area contributed by atoms with Crippen molar-refractivity contribution < 1.29 is 14.6 Å². The highest BCUT2D eigenvalue weighted by Gasteiger charge is 2.39. The molecule has 3 nitrogen and oxygen atoms in total. The Hall–Kier alpha value is -0.380. The van der Waals surface area contributed by atoms with Crippen LogP contribution in [0.25, 0.3) is 0 Å². The summed E-state index contributed by atoms with van der Waals surface area (Å²) in [5, 5.41) is 9.39. The van der Waals surface area contributed by atoms with Gasteiger partial charge < -0.3 is 14.6 Å². The topological polar surface area (TPSA) is 38.7 Å². The molecule has 1 aliphatic heterocycles. The zero-order chi connectivity index (χ0) is 7.84. The van der Waals surface area contributed by atoms with Gasteiger partial charge in [0.1, 0.15) is 6.79 Å². The molecule has 1 saturated heterocycles. The van der Waals surface area contributed by atoms with Gasteiger partial charge in [-0.1, -0.05) is 6.58 Å². The van der Waals surface area contributed by atoms with Crippen LogP contribution in [0, 0.1) is 5.92 Å². The van der Waals surface area contributed by atoms with Crippen molar-refractivity contribution in [3.05, 3.63) is 12.2 Å². The fourth-order valence-electron chi connectivity index (χ4n) is 1.73. The fraction of sp³-hybridized carbons (Fsp3) is 0.750. The number of aliphatic hydroxyl groups excluding tert-OH is 1. The average molecular weight is 156 g/mol. The van der Waals surface area contributed by atoms with Gasteiger partial charge in [-0.05, 0) is 5.57 Å². The Kier molecular flexibility index (Phi) is 1.71. The van der Waals surface area contributed by atoms with Crippen molar-refractivity contribution >= 4 is 0 Å². The normalized spacial score (nSPS) is 44.1. The van der Waals surface area contributed by atoms with Crippen LogP contribution in [0.4, 0.5) is 0 Å². The Morgan fingerprint density at radius 1 is 1.55 bits per heavy atom. The summed E-state index contributed by atoms with van der Waals surface area (Å²) in [5.41, 5.74) is 0.870. The maximum absolute atomic E-state index is 9.39. The van der Waals surface area contributed by atoms with Crippen LogP contribution in [-0.4, -0.2) is 30.7 Å². The number of hydrogen-bond acceptors (Lipinski definition) is 3. The third-order valence-corrected chi connectivity index (χ3v) is 2.47. The van der Waals surface area contributed by atoms with Crippen molar-refractivity contribution in [2.75, 3.05) is 13.4 Å². The summed E-state index contributed by atoms with van der Waals surface area (Å²) in [5.74, 6) is 0.221. The van der Waals surface area contributed by atoms with Crippen LogP contribution in [0.2, 0.25) is 0 Å². The molecule has 0 amide bonds. The fourth-order valence-corrected chi connectivity index (χ4v) is 1.73. The van der Waals surface area contributed by atoms with E-state index in [-0.39, 0.29) is 18.1 Å². The van der Waals surface area contributed by atoms with Gasteiger partial charge in [0.2, 0.25) is 0 Å². The maximum atomic E-state index is 9.39. The Labute approximate surface area is 65.6 Å². The van der Waals surface area contributed by atoms with Crippen LogP contribution in [0.5, 0.6) is 0 Å². The zero-order valence-electron chi connectivity index (χ0n) is 6.32. The van der Waals surface area contributed by atoms with E-state index in [1.165, 1.54) is 0 Å². The second-order valence-corrected chi connectivity index (χ2v) is 3.13. The number of rotatable bonds is 0. The smallest absolute Gasteiger partial charge is 0.147 e. The molecule has 3 atom stereocenters. The molecule has 11 heavy (non-hydrogen) atoms. The number of hydrogen-bond donors (Lipinski definition) is 1. The molecule has 2 fully saturated rings. The second kappa shape index (κ2) is 2.59. The van der Waals surface area contributed by atoms with Gasteiger partial charge in [0.25, 0.3) is 0 Å². The van der Waals surface area contributed by atoms with Gasteiger partial charge in [0, 0.05) is 12.3 Å². The summed E-state index contributed by atoms with van der Waals surface area (Å²) >= 11 is 0. The highest BCUT2D eigenvalue weighted by molar-refractivity contribution is 5.16. The summed E-state index contributed by atoms with van der Waals surface area (Å²) in [4.78, 5) is 0. The monoisotopic (exact) mass is 156 g/mol. The second-order valence-electron chi connectivity index (χ2n) is 3.13. The molecule has 1 N–H and O–H groups in total. The molecule has 0 bridgehead atoms. The summed E-state index contributed by atoms with van der Waals surface area (Å²) in [6, 6.07) is 0. The van der Waals surface area contributed by atoms with Gasteiger partial charge >= 0.3 is 0 Å². The Morgan fingerprint density at radius 3 is 3.09 bits per heavy atom. The van der Waals surface area contributed by atoms with E-state index in [4.69, 9.17) is 9.47 Å². The first-order valence-corrected chi connectivity index (χ1v) is 3.85. The number of aliphatic hydroxyl groups is 1. The Balaban J connectivity index is 2.11. The van der Waals surface area contributed by atoms with E-state index in [0.29, 0.717) is 19.8 Å². The van der Waals surface area contributed by atoms with E-state index in [1.807, 2.05) is 0 Å². The molecule has 2 rings (SSSR count). The summed E-state index contributed by atoms with van der Waals surface area (Å²) < 4.78 is 10.4. The quantitative estimate of drug-likeness (QED) is 0.512. The van der Waals surface area contributed by atoms with E-state index in [9.17, 15) is 5.11 Å². The molecule has 2 aliphatic rings. The molecule has 0 radical (unpaired) electrons. The van der Waals surface area contributed by atoms with Crippen LogP contribution >= 0.6 is 0 Å². The summed E-state index contributed by atoms with van der Waals surface area (Å²) in [6.07, 6.45) is 0.449. The minimum atomic E-state index is -0.383. The van der Waals surface area contributed by atoms with E-state index in [1.54, 1.807) is 0 Å². The molecule has 1 heterocycles. The van der Waals surface area contributed by atoms with Crippen LogP contribution in [-0.2, 0) is 9.47 Å². The van der Waals surface area contributed by atoms with E-state index >= 15 is 0 Å². The predicted octanol–water partition coefficient (Wildman–Crippen LogP) is 0.296. The lowest BCUT2D eigenvalue weighted by atomic mass is 10.0. The molecule has 62 valence electrons. The van der Waals surface area contributed by atoms with Gasteiger partial charge in [-0.15, -0.1) is 0 Å². The van der Waals surface area contributed by atoms with Gasteiger partial charge in [-0.3, -0.25) is 0 Å². The number of fused-ring (bicyclic) bond motifs is 1. The largest absolute Gasteiger partial charge is 0.389 e. The first-order valence-electron chi connectivity index (χ1n) is 3.85. The molecular formula is C8H12O3. The lowest BCUT2D eigenvalue weighted by Gasteiger charge is -2.25. The molecule has 0 spiro atoms. The van der Waals surface area contributed by atoms with Crippen LogP contribution in [0.1, 0.15) is 6.42 Å². The molecule has 0 aromatic carbocycles. The highest BCUT2D eigenvalue weighted by Crippen LogP contribution is 2.34. The predicted molar refractivity (Wildman–Crippen MR) is 38.9 cm³/mol. The first kappa shape index (κ1) is 7.28. The van der Waals surface area contributed by atoms with Crippen molar-refractivity contribution in [1.29, 1.82) is 0 Å². The van der Waals surface area contributed by atoms with Crippen LogP contribution < -0.4 is 0 Å². The zero-order valence-corrected chi connectivity index (χ0v) is 6.32. The lowest BCUT2D eigenvalue weighted by Crippen LogP contribution is -2.30. The molecule has 0 aromatic rings. The van der Waals surface area contributed by atoms with Crippen molar-refractivity contribution in [2.45, 2.75) is 18.6 Å². The van der Waals surface area contributed by atoms with E-state index in [2.05, 4.69) is 6.58 Å². The minimum Gasteiger partial charge on any atom is -0.389 e. The summed E-state index contributed by atoms with van der Waals surface area (Å²) in [7, 11) is 0. The highest BCUT2D eigenvalue weighted by atomic mass is 16.7. The lowest BCUT2D eigenvalue weighted by molar-refractivity contribution is -0.154. The maximum Gasteiger partial charge on any atom is 0.147 e. The third-order valence-electron chi connectivity index (χ3n) is 2.47. The molecule has 0 aromatic heterocycles. The molecule has 1 aliphatic carbocycles. The Morgan fingerprint density at radius 2 is 2.36 bits per heavy atom. The number of ether oxygens (including phenoxy) is 2. The Bertz CT molecular complexity index is 178. The van der Waals surface area contributed by atoms with Crippen molar-refractivity contribution in [3.8, 4) is 0 Å². The average Bonchev–Trinajstić information content (AvgIpc) is 2.30. The van der Waals surface area contributed by atoms with Crippen LogP contribution in [0.15, 0.2) is 12.2 Å². The first-order chi connectivity index (χ1) is 5.29. The van der Waals surface area contributed by atoms with Crippen molar-refractivity contribution in [3.63, 3.8) is 0 Å². The van der Waals surface area contributed by atoms with Crippen LogP contribution in [0.3, 0.4) is 0 Å². The summed E-state index contributed by atoms with van der Waals surface area (Å²) in [6.45, 7) is 4.83. The molecular weight excluding hydrogens is 144 g/mol. The van der Waals surface area contributed by atoms with Gasteiger partial charge in [-0.2, -0.15) is 0 Å². The molecule has 0 unspecified atom stereocenters. The van der Waals surface area contributed by atoms with Crippen molar-refractivity contribution in [1.82, 2.24) is 0 Å². The third kappa shape index (κ3) is 1.09. The van der Waals surface area contributed by atoms with Gasteiger partial charge in [0.15, 0.2) is 0 Å². The van der Waals surface area contributed by atoms with Crippen molar-refractivity contribution in [2.24, 2.45) is 5.92 Å².